The van der Waals surface area contributed by atoms with E-state index in [1.54, 1.807) is 0 Å². The summed E-state index contributed by atoms with van der Waals surface area (Å²) in [4.78, 5) is 11.2. The van der Waals surface area contributed by atoms with Crippen LogP contribution in [-0.4, -0.2) is 13.1 Å². The van der Waals surface area contributed by atoms with Crippen LogP contribution in [0, 0.1) is 0 Å². The Morgan fingerprint density at radius 1 is 1.06 bits per heavy atom. The summed E-state index contributed by atoms with van der Waals surface area (Å²) in [6.07, 6.45) is 10.9. The van der Waals surface area contributed by atoms with Crippen LogP contribution in [0.3, 0.4) is 0 Å². The standard InChI is InChI=1S/C15H26O2/c1-4-6-7-8-9-10-11-12-13-14(5-2)15(16)17-3/h2,4,6-13H2,1,3H3. The normalized spacial score (nSPS) is 9.76. The third-order valence-corrected chi connectivity index (χ3v) is 2.93. The highest BCUT2D eigenvalue weighted by atomic mass is 16.5. The van der Waals surface area contributed by atoms with Crippen LogP contribution < -0.4 is 0 Å². The number of hydrogen-bond acceptors (Lipinski definition) is 2. The molecule has 0 spiro atoms. The summed E-state index contributed by atoms with van der Waals surface area (Å²) in [5, 5.41) is 0. The quantitative estimate of drug-likeness (QED) is 0.244. The second-order valence-electron chi connectivity index (χ2n) is 4.37. The number of hydrogen-bond donors (Lipinski definition) is 0. The molecule has 0 rings (SSSR count). The number of ether oxygens (including phenoxy) is 1. The summed E-state index contributed by atoms with van der Waals surface area (Å²) in [5.74, 6) is -0.289. The molecule has 2 heteroatoms. The number of unbranched alkanes of at least 4 members (excludes halogenated alkanes) is 7. The lowest BCUT2D eigenvalue weighted by Gasteiger charge is -2.03. The van der Waals surface area contributed by atoms with Crippen molar-refractivity contribution in [2.24, 2.45) is 0 Å². The van der Waals surface area contributed by atoms with Crippen molar-refractivity contribution >= 4 is 5.97 Å². The lowest BCUT2D eigenvalue weighted by Crippen LogP contribution is -2.03. The monoisotopic (exact) mass is 238 g/mol. The van der Waals surface area contributed by atoms with E-state index >= 15 is 0 Å². The van der Waals surface area contributed by atoms with E-state index in [4.69, 9.17) is 0 Å². The Bertz CT molecular complexity index is 250. The molecule has 0 bridgehead atoms. The van der Waals surface area contributed by atoms with Gasteiger partial charge in [0.1, 0.15) is 0 Å². The molecule has 98 valence electrons. The van der Waals surface area contributed by atoms with Crippen molar-refractivity contribution in [2.75, 3.05) is 7.11 Å². The molecule has 0 aromatic rings. The first kappa shape index (κ1) is 16.0. The first-order chi connectivity index (χ1) is 8.26. The number of esters is 1. The zero-order valence-electron chi connectivity index (χ0n) is 11.4. The van der Waals surface area contributed by atoms with Crippen LogP contribution in [0.4, 0.5) is 0 Å². The molecule has 0 saturated heterocycles. The first-order valence-corrected chi connectivity index (χ1v) is 6.73. The Hall–Kier alpha value is -1.01. The number of carbonyl (C=O) groups excluding carboxylic acids is 1. The van der Waals surface area contributed by atoms with Crippen LogP contribution in [0.25, 0.3) is 0 Å². The highest BCUT2D eigenvalue weighted by Gasteiger charge is 2.07. The van der Waals surface area contributed by atoms with Crippen molar-refractivity contribution < 1.29 is 9.53 Å². The molecule has 0 aliphatic rings. The van der Waals surface area contributed by atoms with Crippen molar-refractivity contribution in [3.05, 3.63) is 17.9 Å². The van der Waals surface area contributed by atoms with E-state index < -0.39 is 0 Å². The smallest absolute Gasteiger partial charge is 0.341 e. The molecule has 0 fully saturated rings. The van der Waals surface area contributed by atoms with Crippen molar-refractivity contribution in [3.8, 4) is 0 Å². The Labute approximate surface area is 106 Å². The van der Waals surface area contributed by atoms with Crippen LogP contribution in [0.1, 0.15) is 64.7 Å². The van der Waals surface area contributed by atoms with Crippen LogP contribution in [0.15, 0.2) is 17.9 Å². The molecule has 17 heavy (non-hydrogen) atoms. The molecule has 0 aliphatic carbocycles. The maximum absolute atomic E-state index is 11.2. The predicted octanol–water partition coefficient (Wildman–Crippen LogP) is 4.40. The van der Waals surface area contributed by atoms with Crippen LogP contribution in [0.5, 0.6) is 0 Å². The molecule has 0 heterocycles. The summed E-state index contributed by atoms with van der Waals surface area (Å²) in [6.45, 7) is 5.75. The summed E-state index contributed by atoms with van der Waals surface area (Å²) >= 11 is 0. The van der Waals surface area contributed by atoms with E-state index in [1.165, 1.54) is 52.1 Å². The molecule has 0 atom stereocenters. The maximum Gasteiger partial charge on any atom is 0.341 e. The number of methoxy groups -OCH3 is 1. The van der Waals surface area contributed by atoms with Gasteiger partial charge in [0, 0.05) is 0 Å². The van der Waals surface area contributed by atoms with Gasteiger partial charge in [-0.1, -0.05) is 58.4 Å². The Balaban J connectivity index is 3.44. The average molecular weight is 238 g/mol. The van der Waals surface area contributed by atoms with Gasteiger partial charge in [0.15, 0.2) is 0 Å². The van der Waals surface area contributed by atoms with Crippen LogP contribution in [0.2, 0.25) is 0 Å². The van der Waals surface area contributed by atoms with Crippen molar-refractivity contribution in [2.45, 2.75) is 64.7 Å². The van der Waals surface area contributed by atoms with Gasteiger partial charge in [0.25, 0.3) is 0 Å². The third kappa shape index (κ3) is 8.76. The molecule has 0 amide bonds. The van der Waals surface area contributed by atoms with E-state index in [-0.39, 0.29) is 5.97 Å². The molecule has 0 N–H and O–H groups in total. The minimum atomic E-state index is -0.289. The zero-order chi connectivity index (χ0) is 12.9. The SMILES string of the molecule is C=C=C(CCCCCCCCCC)C(=O)OC. The molecular weight excluding hydrogens is 212 g/mol. The average Bonchev–Trinajstić information content (AvgIpc) is 2.36. The predicted molar refractivity (Wildman–Crippen MR) is 71.9 cm³/mol. The van der Waals surface area contributed by atoms with E-state index in [2.05, 4.69) is 24.0 Å². The van der Waals surface area contributed by atoms with Gasteiger partial charge in [-0.15, -0.1) is 5.73 Å². The van der Waals surface area contributed by atoms with Gasteiger partial charge in [0.05, 0.1) is 12.7 Å². The van der Waals surface area contributed by atoms with Gasteiger partial charge in [0.2, 0.25) is 0 Å². The van der Waals surface area contributed by atoms with Crippen molar-refractivity contribution in [1.29, 1.82) is 0 Å². The molecule has 0 aromatic heterocycles. The summed E-state index contributed by atoms with van der Waals surface area (Å²) in [6, 6.07) is 0. The second-order valence-corrected chi connectivity index (χ2v) is 4.37. The minimum absolute atomic E-state index is 0.289. The lowest BCUT2D eigenvalue weighted by molar-refractivity contribution is -0.136. The lowest BCUT2D eigenvalue weighted by atomic mass is 10.0. The topological polar surface area (TPSA) is 26.3 Å². The summed E-state index contributed by atoms with van der Waals surface area (Å²) in [5.41, 5.74) is 3.25. The van der Waals surface area contributed by atoms with Crippen molar-refractivity contribution in [3.63, 3.8) is 0 Å². The third-order valence-electron chi connectivity index (χ3n) is 2.93. The zero-order valence-corrected chi connectivity index (χ0v) is 11.4. The van der Waals surface area contributed by atoms with E-state index in [9.17, 15) is 4.79 Å². The van der Waals surface area contributed by atoms with Crippen LogP contribution in [-0.2, 0) is 9.53 Å². The van der Waals surface area contributed by atoms with E-state index in [1.807, 2.05) is 0 Å². The number of rotatable bonds is 10. The van der Waals surface area contributed by atoms with Crippen molar-refractivity contribution in [1.82, 2.24) is 0 Å². The van der Waals surface area contributed by atoms with E-state index in [0.717, 1.165) is 12.8 Å². The van der Waals surface area contributed by atoms with Gasteiger partial charge in [-0.25, -0.2) is 4.79 Å². The van der Waals surface area contributed by atoms with E-state index in [0.29, 0.717) is 5.57 Å². The molecular formula is C15H26O2. The number of carbonyl (C=O) groups is 1. The van der Waals surface area contributed by atoms with Gasteiger partial charge < -0.3 is 4.74 Å². The molecule has 0 aromatic carbocycles. The fraction of sp³-hybridized carbons (Fsp3) is 0.733. The second kappa shape index (κ2) is 11.5. The molecule has 0 radical (unpaired) electrons. The largest absolute Gasteiger partial charge is 0.465 e. The first-order valence-electron chi connectivity index (χ1n) is 6.73. The Morgan fingerprint density at radius 3 is 2.06 bits per heavy atom. The summed E-state index contributed by atoms with van der Waals surface area (Å²) < 4.78 is 4.65. The van der Waals surface area contributed by atoms with Gasteiger partial charge in [-0.2, -0.15) is 0 Å². The Morgan fingerprint density at radius 2 is 1.59 bits per heavy atom. The molecule has 0 unspecified atom stereocenters. The summed E-state index contributed by atoms with van der Waals surface area (Å²) in [7, 11) is 1.40. The maximum atomic E-state index is 11.2. The minimum Gasteiger partial charge on any atom is -0.465 e. The van der Waals surface area contributed by atoms with Gasteiger partial charge in [-0.3, -0.25) is 0 Å². The fourth-order valence-electron chi connectivity index (χ4n) is 1.82. The Kier molecular flexibility index (Phi) is 10.8. The van der Waals surface area contributed by atoms with Crippen LogP contribution >= 0.6 is 0 Å². The fourth-order valence-corrected chi connectivity index (χ4v) is 1.82. The molecule has 0 aliphatic heterocycles. The van der Waals surface area contributed by atoms with Gasteiger partial charge in [-0.05, 0) is 12.8 Å². The van der Waals surface area contributed by atoms with Gasteiger partial charge >= 0.3 is 5.97 Å². The highest BCUT2D eigenvalue weighted by molar-refractivity contribution is 5.87. The molecule has 2 nitrogen and oxygen atoms in total. The highest BCUT2D eigenvalue weighted by Crippen LogP contribution is 2.12. The molecule has 0 saturated carbocycles.